The molecule has 0 unspecified atom stereocenters. The molecule has 0 aliphatic rings. The highest BCUT2D eigenvalue weighted by Crippen LogP contribution is 2.14. The molecule has 0 spiro atoms. The van der Waals surface area contributed by atoms with Crippen molar-refractivity contribution in [1.82, 2.24) is 0 Å². The number of rotatable bonds is 5. The number of aryl methyl sites for hydroxylation is 1. The van der Waals surface area contributed by atoms with Gasteiger partial charge in [-0.25, -0.2) is 4.79 Å². The van der Waals surface area contributed by atoms with Crippen molar-refractivity contribution in [1.29, 1.82) is 0 Å². The molecule has 0 aliphatic carbocycles. The molecule has 1 heterocycles. The summed E-state index contributed by atoms with van der Waals surface area (Å²) in [6, 6.07) is 8.82. The van der Waals surface area contributed by atoms with E-state index in [1.54, 1.807) is 43.3 Å². The Morgan fingerprint density at radius 2 is 1.95 bits per heavy atom. The Balaban J connectivity index is 1.99. The number of anilines is 1. The van der Waals surface area contributed by atoms with Gasteiger partial charge in [0.2, 0.25) is 0 Å². The Hall–Kier alpha value is -2.82. The highest BCUT2D eigenvalue weighted by molar-refractivity contribution is 6.03. The first-order valence-electron chi connectivity index (χ1n) is 6.90. The molecule has 5 heteroatoms. The second kappa shape index (κ2) is 7.26. The van der Waals surface area contributed by atoms with Gasteiger partial charge in [0, 0.05) is 17.3 Å². The second-order valence-corrected chi connectivity index (χ2v) is 4.59. The van der Waals surface area contributed by atoms with E-state index >= 15 is 0 Å². The fourth-order valence-corrected chi connectivity index (χ4v) is 1.83. The lowest BCUT2D eigenvalue weighted by Gasteiger charge is -2.04. The molecule has 2 rings (SSSR count). The predicted molar refractivity (Wildman–Crippen MR) is 83.5 cm³/mol. The molecule has 22 heavy (non-hydrogen) atoms. The lowest BCUT2D eigenvalue weighted by molar-refractivity contribution is -0.137. The highest BCUT2D eigenvalue weighted by Gasteiger charge is 2.12. The first kappa shape index (κ1) is 15.6. The van der Waals surface area contributed by atoms with Gasteiger partial charge in [0.1, 0.15) is 0 Å². The Morgan fingerprint density at radius 3 is 2.55 bits per heavy atom. The second-order valence-electron chi connectivity index (χ2n) is 4.59. The largest absolute Gasteiger partial charge is 0.463 e. The van der Waals surface area contributed by atoms with Crippen LogP contribution in [0.4, 0.5) is 5.69 Å². The smallest absolute Gasteiger partial charge is 0.330 e. The fraction of sp³-hybridized carbons (Fsp3) is 0.176. The molecule has 0 fully saturated rings. The van der Waals surface area contributed by atoms with Crippen LogP contribution in [-0.4, -0.2) is 18.5 Å². The number of benzene rings is 1. The minimum atomic E-state index is -0.381. The zero-order chi connectivity index (χ0) is 15.9. The molecule has 1 N–H and O–H groups in total. The maximum Gasteiger partial charge on any atom is 0.330 e. The summed E-state index contributed by atoms with van der Waals surface area (Å²) in [4.78, 5) is 23.2. The zero-order valence-electron chi connectivity index (χ0n) is 12.5. The zero-order valence-corrected chi connectivity index (χ0v) is 12.5. The van der Waals surface area contributed by atoms with Crippen LogP contribution in [0.3, 0.4) is 0 Å². The van der Waals surface area contributed by atoms with Gasteiger partial charge in [-0.05, 0) is 43.7 Å². The van der Waals surface area contributed by atoms with Gasteiger partial charge in [-0.15, -0.1) is 0 Å². The molecule has 0 atom stereocenters. The van der Waals surface area contributed by atoms with Crippen molar-refractivity contribution in [3.05, 3.63) is 59.6 Å². The van der Waals surface area contributed by atoms with Crippen LogP contribution in [0.25, 0.3) is 6.08 Å². The van der Waals surface area contributed by atoms with E-state index in [0.29, 0.717) is 18.1 Å². The lowest BCUT2D eigenvalue weighted by Crippen LogP contribution is -2.11. The molecular weight excluding hydrogens is 282 g/mol. The van der Waals surface area contributed by atoms with E-state index in [4.69, 9.17) is 9.15 Å². The Bertz CT molecular complexity index is 683. The summed E-state index contributed by atoms with van der Waals surface area (Å²) in [5.74, 6) is -0.378. The van der Waals surface area contributed by atoms with Gasteiger partial charge in [-0.1, -0.05) is 12.1 Å². The average Bonchev–Trinajstić information content (AvgIpc) is 2.93. The van der Waals surface area contributed by atoms with Gasteiger partial charge in [-0.2, -0.15) is 0 Å². The third-order valence-corrected chi connectivity index (χ3v) is 2.94. The van der Waals surface area contributed by atoms with Crippen molar-refractivity contribution in [2.45, 2.75) is 13.8 Å². The van der Waals surface area contributed by atoms with Crippen molar-refractivity contribution in [2.75, 3.05) is 11.9 Å². The van der Waals surface area contributed by atoms with Crippen molar-refractivity contribution in [3.63, 3.8) is 0 Å². The number of amides is 1. The quantitative estimate of drug-likeness (QED) is 0.678. The van der Waals surface area contributed by atoms with Crippen molar-refractivity contribution in [2.24, 2.45) is 0 Å². The van der Waals surface area contributed by atoms with Crippen LogP contribution in [0.15, 0.2) is 47.1 Å². The number of carbonyl (C=O) groups excluding carboxylic acids is 2. The molecule has 0 aliphatic heterocycles. The summed E-state index contributed by atoms with van der Waals surface area (Å²) >= 11 is 0. The summed E-state index contributed by atoms with van der Waals surface area (Å²) in [5, 5.41) is 2.75. The molecule has 114 valence electrons. The fourth-order valence-electron chi connectivity index (χ4n) is 1.83. The molecule has 5 nitrogen and oxygen atoms in total. The standard InChI is InChI=1S/C17H17NO4/c1-3-21-15(19)9-6-13-4-7-14(8-5-13)18-17(20)16-12(2)10-11-22-16/h4-11H,3H2,1-2H3,(H,18,20). The Labute approximate surface area is 128 Å². The van der Waals surface area contributed by atoms with E-state index in [2.05, 4.69) is 5.32 Å². The topological polar surface area (TPSA) is 68.5 Å². The van der Waals surface area contributed by atoms with Crippen LogP contribution in [0, 0.1) is 6.92 Å². The van der Waals surface area contributed by atoms with E-state index in [1.807, 2.05) is 6.92 Å². The number of hydrogen-bond donors (Lipinski definition) is 1. The van der Waals surface area contributed by atoms with E-state index < -0.39 is 0 Å². The predicted octanol–water partition coefficient (Wildman–Crippen LogP) is 3.42. The van der Waals surface area contributed by atoms with Crippen molar-refractivity contribution < 1.29 is 18.7 Å². The van der Waals surface area contributed by atoms with E-state index in [-0.39, 0.29) is 11.9 Å². The highest BCUT2D eigenvalue weighted by atomic mass is 16.5. The van der Waals surface area contributed by atoms with Crippen LogP contribution >= 0.6 is 0 Å². The molecule has 1 aromatic carbocycles. The van der Waals surface area contributed by atoms with E-state index in [9.17, 15) is 9.59 Å². The summed E-state index contributed by atoms with van der Waals surface area (Å²) < 4.78 is 9.93. The number of carbonyl (C=O) groups is 2. The average molecular weight is 299 g/mol. The summed E-state index contributed by atoms with van der Waals surface area (Å²) in [6.07, 6.45) is 4.50. The van der Waals surface area contributed by atoms with Crippen LogP contribution in [0.1, 0.15) is 28.6 Å². The van der Waals surface area contributed by atoms with Crippen molar-refractivity contribution >= 4 is 23.6 Å². The number of hydrogen-bond acceptors (Lipinski definition) is 4. The Kier molecular flexibility index (Phi) is 5.14. The van der Waals surface area contributed by atoms with Crippen molar-refractivity contribution in [3.8, 4) is 0 Å². The molecule has 0 saturated carbocycles. The molecule has 0 saturated heterocycles. The Morgan fingerprint density at radius 1 is 1.23 bits per heavy atom. The first-order chi connectivity index (χ1) is 10.6. The number of furan rings is 1. The lowest BCUT2D eigenvalue weighted by atomic mass is 10.2. The van der Waals surface area contributed by atoms with Gasteiger partial charge < -0.3 is 14.5 Å². The molecule has 1 amide bonds. The van der Waals surface area contributed by atoms with Gasteiger partial charge in [0.15, 0.2) is 5.76 Å². The minimum absolute atomic E-state index is 0.294. The van der Waals surface area contributed by atoms with Crippen LogP contribution in [-0.2, 0) is 9.53 Å². The molecule has 0 bridgehead atoms. The number of esters is 1. The monoisotopic (exact) mass is 299 g/mol. The van der Waals surface area contributed by atoms with Crippen LogP contribution in [0.5, 0.6) is 0 Å². The van der Waals surface area contributed by atoms with Crippen LogP contribution in [0.2, 0.25) is 0 Å². The first-order valence-corrected chi connectivity index (χ1v) is 6.90. The number of nitrogens with one attached hydrogen (secondary N) is 1. The maximum atomic E-state index is 12.0. The van der Waals surface area contributed by atoms with Gasteiger partial charge in [0.25, 0.3) is 5.91 Å². The van der Waals surface area contributed by atoms with E-state index in [1.165, 1.54) is 12.3 Å². The molecule has 0 radical (unpaired) electrons. The molecule has 2 aromatic rings. The SMILES string of the molecule is CCOC(=O)C=Cc1ccc(NC(=O)c2occc2C)cc1. The third-order valence-electron chi connectivity index (χ3n) is 2.94. The van der Waals surface area contributed by atoms with E-state index in [0.717, 1.165) is 11.1 Å². The summed E-state index contributed by atoms with van der Waals surface area (Å²) in [6.45, 7) is 3.91. The van der Waals surface area contributed by atoms with Crippen LogP contribution < -0.4 is 5.32 Å². The van der Waals surface area contributed by atoms with Gasteiger partial charge in [-0.3, -0.25) is 4.79 Å². The van der Waals surface area contributed by atoms with Gasteiger partial charge in [0.05, 0.1) is 12.9 Å². The van der Waals surface area contributed by atoms with Gasteiger partial charge >= 0.3 is 5.97 Å². The molecular formula is C17H17NO4. The summed E-state index contributed by atoms with van der Waals surface area (Å²) in [5.41, 5.74) is 2.26. The maximum absolute atomic E-state index is 12.0. The summed E-state index contributed by atoms with van der Waals surface area (Å²) in [7, 11) is 0. The number of ether oxygens (including phenoxy) is 1. The molecule has 1 aromatic heterocycles. The minimum Gasteiger partial charge on any atom is -0.463 e. The normalized spacial score (nSPS) is 10.6. The third kappa shape index (κ3) is 4.09.